The molecule has 37 heavy (non-hydrogen) atoms. The highest BCUT2D eigenvalue weighted by molar-refractivity contribution is 9.10. The van der Waals surface area contributed by atoms with Gasteiger partial charge in [0, 0.05) is 36.1 Å². The van der Waals surface area contributed by atoms with Crippen LogP contribution in [0.15, 0.2) is 57.9 Å². The van der Waals surface area contributed by atoms with Gasteiger partial charge in [0.2, 0.25) is 5.95 Å². The fourth-order valence-electron chi connectivity index (χ4n) is 4.08. The maximum atomic E-state index is 13.4. The maximum absolute atomic E-state index is 13.4. The predicted molar refractivity (Wildman–Crippen MR) is 145 cm³/mol. The number of likely N-dealkylation sites (tertiary alicyclic amines) is 1. The fraction of sp³-hybridized carbons (Fsp3) is 0.240. The number of aromatic nitrogens is 3. The van der Waals surface area contributed by atoms with E-state index in [1.165, 1.54) is 0 Å². The van der Waals surface area contributed by atoms with Gasteiger partial charge in [-0.1, -0.05) is 0 Å². The SMILES string of the molecule is CN1CCC(Nc2nc(Nc3ccc(Oc4cc(F)cc(F)c4)cc3)c3c(=O)[nH]cc(Br)c3n2)CC1.Cl. The van der Waals surface area contributed by atoms with Gasteiger partial charge in [-0.05, 0) is 73.2 Å². The van der Waals surface area contributed by atoms with Crippen molar-refractivity contribution in [1.82, 2.24) is 19.9 Å². The molecule has 0 aliphatic carbocycles. The van der Waals surface area contributed by atoms with Crippen molar-refractivity contribution in [2.75, 3.05) is 30.8 Å². The first-order valence-corrected chi connectivity index (χ1v) is 12.2. The monoisotopic (exact) mass is 592 g/mol. The molecule has 0 bridgehead atoms. The first kappa shape index (κ1) is 26.8. The predicted octanol–water partition coefficient (Wildman–Crippen LogP) is 5.82. The Morgan fingerprint density at radius 3 is 2.41 bits per heavy atom. The smallest absolute Gasteiger partial charge is 0.261 e. The summed E-state index contributed by atoms with van der Waals surface area (Å²) in [5, 5.41) is 6.92. The highest BCUT2D eigenvalue weighted by Crippen LogP contribution is 2.29. The van der Waals surface area contributed by atoms with Gasteiger partial charge in [-0.15, -0.1) is 12.4 Å². The molecule has 194 valence electrons. The van der Waals surface area contributed by atoms with Crippen LogP contribution in [0.5, 0.6) is 11.5 Å². The van der Waals surface area contributed by atoms with E-state index in [-0.39, 0.29) is 29.8 Å². The summed E-state index contributed by atoms with van der Waals surface area (Å²) in [7, 11) is 2.10. The Morgan fingerprint density at radius 1 is 1.05 bits per heavy atom. The van der Waals surface area contributed by atoms with Crippen molar-refractivity contribution >= 4 is 56.7 Å². The van der Waals surface area contributed by atoms with Crippen LogP contribution in [0, 0.1) is 11.6 Å². The zero-order valence-corrected chi connectivity index (χ0v) is 22.1. The number of rotatable bonds is 6. The van der Waals surface area contributed by atoms with Crippen molar-refractivity contribution < 1.29 is 13.5 Å². The number of ether oxygens (including phenoxy) is 1. The van der Waals surface area contributed by atoms with Crippen LogP contribution >= 0.6 is 28.3 Å². The van der Waals surface area contributed by atoms with Crippen LogP contribution in [0.25, 0.3) is 10.9 Å². The summed E-state index contributed by atoms with van der Waals surface area (Å²) in [6.07, 6.45) is 3.49. The number of anilines is 3. The van der Waals surface area contributed by atoms with Gasteiger partial charge < -0.3 is 25.3 Å². The van der Waals surface area contributed by atoms with Crippen LogP contribution in [0.4, 0.5) is 26.2 Å². The standard InChI is InChI=1S/C25H23BrF2N6O2.ClH/c1-34-8-6-17(7-9-34)31-25-32-22-20(26)13-29-24(35)21(22)23(33-25)30-16-2-4-18(5-3-16)36-19-11-14(27)10-15(28)12-19;/h2-5,10-13,17H,6-9H2,1H3,(H,29,35)(H2,30,31,32,33);1H. The Balaban J connectivity index is 0.00000320. The van der Waals surface area contributed by atoms with Crippen molar-refractivity contribution in [3.05, 3.63) is 75.1 Å². The van der Waals surface area contributed by atoms with Gasteiger partial charge in [0.1, 0.15) is 34.3 Å². The highest BCUT2D eigenvalue weighted by atomic mass is 79.9. The highest BCUT2D eigenvalue weighted by Gasteiger charge is 2.20. The molecule has 2 aromatic carbocycles. The van der Waals surface area contributed by atoms with E-state index in [0.29, 0.717) is 38.6 Å². The minimum Gasteiger partial charge on any atom is -0.457 e. The van der Waals surface area contributed by atoms with Crippen LogP contribution in [0.2, 0.25) is 0 Å². The molecule has 0 unspecified atom stereocenters. The van der Waals surface area contributed by atoms with Gasteiger partial charge >= 0.3 is 0 Å². The van der Waals surface area contributed by atoms with Crippen LogP contribution in [0.3, 0.4) is 0 Å². The lowest BCUT2D eigenvalue weighted by molar-refractivity contribution is 0.263. The number of aromatic amines is 1. The minimum absolute atomic E-state index is 0. The van der Waals surface area contributed by atoms with Crippen LogP contribution in [0.1, 0.15) is 12.8 Å². The third-order valence-corrected chi connectivity index (χ3v) is 6.54. The van der Waals surface area contributed by atoms with Gasteiger partial charge in [-0.3, -0.25) is 4.79 Å². The molecule has 3 heterocycles. The number of hydrogen-bond acceptors (Lipinski definition) is 7. The lowest BCUT2D eigenvalue weighted by atomic mass is 10.1. The third kappa shape index (κ3) is 6.35. The topological polar surface area (TPSA) is 95.2 Å². The van der Waals surface area contributed by atoms with Crippen LogP contribution in [-0.4, -0.2) is 46.0 Å². The summed E-state index contributed by atoms with van der Waals surface area (Å²) in [5.74, 6) is -0.225. The van der Waals surface area contributed by atoms with Gasteiger partial charge in [-0.25, -0.2) is 13.8 Å². The Labute approximate surface area is 226 Å². The molecule has 0 radical (unpaired) electrons. The average molecular weight is 594 g/mol. The Hall–Kier alpha value is -3.28. The number of nitrogens with one attached hydrogen (secondary N) is 3. The minimum atomic E-state index is -0.722. The van der Waals surface area contributed by atoms with Crippen LogP contribution in [-0.2, 0) is 0 Å². The summed E-state index contributed by atoms with van der Waals surface area (Å²) >= 11 is 3.48. The molecule has 0 atom stereocenters. The summed E-state index contributed by atoms with van der Waals surface area (Å²) in [5.41, 5.74) is 0.798. The van der Waals surface area contributed by atoms with E-state index in [2.05, 4.69) is 53.5 Å². The number of nitrogens with zero attached hydrogens (tertiary/aromatic N) is 3. The fourth-order valence-corrected chi connectivity index (χ4v) is 4.48. The maximum Gasteiger partial charge on any atom is 0.261 e. The van der Waals surface area contributed by atoms with Crippen molar-refractivity contribution in [3.8, 4) is 11.5 Å². The molecule has 1 aliphatic heterocycles. The van der Waals surface area contributed by atoms with E-state index in [4.69, 9.17) is 4.74 Å². The van der Waals surface area contributed by atoms with E-state index in [1.54, 1.807) is 30.5 Å². The number of piperidine rings is 1. The van der Waals surface area contributed by atoms with E-state index in [0.717, 1.165) is 44.1 Å². The number of halogens is 4. The molecular weight excluding hydrogens is 570 g/mol. The number of H-pyrrole nitrogens is 1. The van der Waals surface area contributed by atoms with Gasteiger partial charge in [-0.2, -0.15) is 4.98 Å². The molecule has 0 saturated carbocycles. The van der Waals surface area contributed by atoms with Crippen molar-refractivity contribution in [3.63, 3.8) is 0 Å². The van der Waals surface area contributed by atoms with Crippen molar-refractivity contribution in [1.29, 1.82) is 0 Å². The largest absolute Gasteiger partial charge is 0.457 e. The first-order valence-electron chi connectivity index (χ1n) is 11.4. The summed E-state index contributed by atoms with van der Waals surface area (Å²) < 4.78 is 33.1. The third-order valence-electron chi connectivity index (χ3n) is 5.93. The average Bonchev–Trinajstić information content (AvgIpc) is 2.83. The van der Waals surface area contributed by atoms with E-state index in [9.17, 15) is 13.6 Å². The molecule has 2 aromatic heterocycles. The Kier molecular flexibility index (Phi) is 8.25. The second-order valence-corrected chi connectivity index (χ2v) is 9.52. The van der Waals surface area contributed by atoms with E-state index >= 15 is 0 Å². The molecule has 0 amide bonds. The molecular formula is C25H24BrClF2N6O2. The molecule has 1 aliphatic rings. The van der Waals surface area contributed by atoms with Gasteiger partial charge in [0.25, 0.3) is 5.56 Å². The van der Waals surface area contributed by atoms with Crippen molar-refractivity contribution in [2.24, 2.45) is 0 Å². The van der Waals surface area contributed by atoms with E-state index < -0.39 is 11.6 Å². The lowest BCUT2D eigenvalue weighted by Crippen LogP contribution is -2.37. The summed E-state index contributed by atoms with van der Waals surface area (Å²) in [4.78, 5) is 26.9. The zero-order chi connectivity index (χ0) is 25.2. The number of pyridine rings is 1. The second kappa shape index (κ2) is 11.4. The van der Waals surface area contributed by atoms with Crippen molar-refractivity contribution in [2.45, 2.75) is 18.9 Å². The molecule has 4 aromatic rings. The molecule has 0 spiro atoms. The molecule has 1 fully saturated rings. The summed E-state index contributed by atoms with van der Waals surface area (Å²) in [6.45, 7) is 1.97. The molecule has 3 N–H and O–H groups in total. The first-order chi connectivity index (χ1) is 17.3. The number of benzene rings is 2. The summed E-state index contributed by atoms with van der Waals surface area (Å²) in [6, 6.07) is 9.94. The number of hydrogen-bond donors (Lipinski definition) is 3. The van der Waals surface area contributed by atoms with Gasteiger partial charge in [0.05, 0.1) is 9.99 Å². The van der Waals surface area contributed by atoms with Crippen LogP contribution < -0.4 is 20.9 Å². The zero-order valence-electron chi connectivity index (χ0n) is 19.7. The Morgan fingerprint density at radius 2 is 1.73 bits per heavy atom. The second-order valence-electron chi connectivity index (χ2n) is 8.66. The molecule has 8 nitrogen and oxygen atoms in total. The quantitative estimate of drug-likeness (QED) is 0.259. The van der Waals surface area contributed by atoms with Gasteiger partial charge in [0.15, 0.2) is 0 Å². The Bertz CT molecular complexity index is 1440. The number of fused-ring (bicyclic) bond motifs is 1. The van der Waals surface area contributed by atoms with E-state index in [1.807, 2.05) is 0 Å². The molecule has 1 saturated heterocycles. The lowest BCUT2D eigenvalue weighted by Gasteiger charge is -2.29. The normalized spacial score (nSPS) is 14.3. The molecule has 5 rings (SSSR count). The molecule has 12 heteroatoms.